The van der Waals surface area contributed by atoms with E-state index in [0.717, 1.165) is 5.56 Å². The van der Waals surface area contributed by atoms with Gasteiger partial charge in [0.15, 0.2) is 5.78 Å². The van der Waals surface area contributed by atoms with Crippen molar-refractivity contribution in [3.8, 4) is 0 Å². The van der Waals surface area contributed by atoms with Crippen LogP contribution >= 0.6 is 11.6 Å². The van der Waals surface area contributed by atoms with Crippen LogP contribution < -0.4 is 0 Å². The highest BCUT2D eigenvalue weighted by molar-refractivity contribution is 6.30. The third kappa shape index (κ3) is 3.52. The maximum absolute atomic E-state index is 11.9. The van der Waals surface area contributed by atoms with Gasteiger partial charge in [-0.1, -0.05) is 41.9 Å². The molecule has 0 aliphatic heterocycles. The summed E-state index contributed by atoms with van der Waals surface area (Å²) in [6, 6.07) is 12.6. The summed E-state index contributed by atoms with van der Waals surface area (Å²) in [5.74, 6) is -0.288. The Kier molecular flexibility index (Phi) is 4.27. The zero-order valence-electron chi connectivity index (χ0n) is 10.3. The number of carbonyl (C=O) groups excluding carboxylic acids is 1. The van der Waals surface area contributed by atoms with E-state index < -0.39 is 4.92 Å². The molecular formula is C15H10ClNO3. The second-order valence-electron chi connectivity index (χ2n) is 4.06. The summed E-state index contributed by atoms with van der Waals surface area (Å²) in [5.41, 5.74) is 1.01. The third-order valence-electron chi connectivity index (χ3n) is 2.64. The third-order valence-corrected chi connectivity index (χ3v) is 2.89. The van der Waals surface area contributed by atoms with Crippen LogP contribution in [0, 0.1) is 10.1 Å². The molecule has 0 unspecified atom stereocenters. The van der Waals surface area contributed by atoms with Gasteiger partial charge in [0.05, 0.1) is 4.92 Å². The van der Waals surface area contributed by atoms with E-state index >= 15 is 0 Å². The normalized spacial score (nSPS) is 10.7. The summed E-state index contributed by atoms with van der Waals surface area (Å²) >= 11 is 5.76. The molecule has 0 saturated heterocycles. The Morgan fingerprint density at radius 1 is 1.15 bits per heavy atom. The van der Waals surface area contributed by atoms with Crippen molar-refractivity contribution in [3.63, 3.8) is 0 Å². The lowest BCUT2D eigenvalue weighted by molar-refractivity contribution is -0.384. The summed E-state index contributed by atoms with van der Waals surface area (Å²) in [4.78, 5) is 22.0. The van der Waals surface area contributed by atoms with E-state index in [0.29, 0.717) is 5.02 Å². The van der Waals surface area contributed by atoms with Crippen LogP contribution in [0.2, 0.25) is 5.02 Å². The number of rotatable bonds is 4. The van der Waals surface area contributed by atoms with E-state index in [1.165, 1.54) is 24.3 Å². The number of allylic oxidation sites excluding steroid dienone is 1. The van der Waals surface area contributed by atoms with Crippen LogP contribution in [0.3, 0.4) is 0 Å². The molecule has 0 N–H and O–H groups in total. The Balaban J connectivity index is 2.17. The smallest absolute Gasteiger partial charge is 0.270 e. The highest BCUT2D eigenvalue weighted by Gasteiger charge is 2.09. The fraction of sp³-hybridized carbons (Fsp3) is 0. The van der Waals surface area contributed by atoms with E-state index in [1.807, 2.05) is 0 Å². The Morgan fingerprint density at radius 2 is 1.85 bits per heavy atom. The van der Waals surface area contributed by atoms with Gasteiger partial charge in [0.2, 0.25) is 0 Å². The molecule has 5 heteroatoms. The monoisotopic (exact) mass is 287 g/mol. The van der Waals surface area contributed by atoms with Gasteiger partial charge in [-0.05, 0) is 23.8 Å². The summed E-state index contributed by atoms with van der Waals surface area (Å²) in [7, 11) is 0. The highest BCUT2D eigenvalue weighted by Crippen LogP contribution is 2.15. The molecule has 0 heterocycles. The lowest BCUT2D eigenvalue weighted by Gasteiger charge is -1.97. The molecule has 0 radical (unpaired) electrons. The van der Waals surface area contributed by atoms with Crippen molar-refractivity contribution in [2.24, 2.45) is 0 Å². The van der Waals surface area contributed by atoms with Gasteiger partial charge < -0.3 is 0 Å². The van der Waals surface area contributed by atoms with E-state index in [4.69, 9.17) is 11.6 Å². The molecule has 0 aliphatic carbocycles. The molecule has 2 rings (SSSR count). The van der Waals surface area contributed by atoms with Crippen molar-refractivity contribution < 1.29 is 9.72 Å². The molecule has 0 bridgehead atoms. The lowest BCUT2D eigenvalue weighted by atomic mass is 10.1. The molecule has 2 aromatic rings. The maximum atomic E-state index is 11.9. The van der Waals surface area contributed by atoms with Gasteiger partial charge in [-0.3, -0.25) is 14.9 Å². The first-order valence-electron chi connectivity index (χ1n) is 5.79. The largest absolute Gasteiger partial charge is 0.289 e. The van der Waals surface area contributed by atoms with Crippen LogP contribution in [-0.2, 0) is 0 Å². The van der Waals surface area contributed by atoms with E-state index in [9.17, 15) is 14.9 Å². The molecule has 0 fully saturated rings. The quantitative estimate of drug-likeness (QED) is 0.367. The maximum Gasteiger partial charge on any atom is 0.270 e. The van der Waals surface area contributed by atoms with E-state index in [1.54, 1.807) is 36.4 Å². The topological polar surface area (TPSA) is 60.2 Å². The highest BCUT2D eigenvalue weighted by atomic mass is 35.5. The first-order chi connectivity index (χ1) is 9.56. The number of benzene rings is 2. The number of hydrogen-bond acceptors (Lipinski definition) is 3. The van der Waals surface area contributed by atoms with Crippen LogP contribution in [0.25, 0.3) is 6.08 Å². The van der Waals surface area contributed by atoms with Gasteiger partial charge >= 0.3 is 0 Å². The predicted molar refractivity (Wildman–Crippen MR) is 77.9 cm³/mol. The van der Waals surface area contributed by atoms with Gasteiger partial charge in [-0.15, -0.1) is 0 Å². The molecule has 4 nitrogen and oxygen atoms in total. The number of nitrogens with zero attached hydrogens (tertiary/aromatic N) is 1. The SMILES string of the molecule is O=C(/C=C/c1ccc(Cl)cc1)c1cccc([N+](=O)[O-])c1. The number of nitro groups is 1. The van der Waals surface area contributed by atoms with Crippen molar-refractivity contribution in [2.75, 3.05) is 0 Å². The molecule has 0 aliphatic rings. The van der Waals surface area contributed by atoms with Gasteiger partial charge in [0.1, 0.15) is 0 Å². The van der Waals surface area contributed by atoms with Crippen LogP contribution in [-0.4, -0.2) is 10.7 Å². The molecule has 100 valence electrons. The Hall–Kier alpha value is -2.46. The fourth-order valence-electron chi connectivity index (χ4n) is 1.61. The zero-order valence-corrected chi connectivity index (χ0v) is 11.1. The predicted octanol–water partition coefficient (Wildman–Crippen LogP) is 4.14. The van der Waals surface area contributed by atoms with Gasteiger partial charge in [-0.2, -0.15) is 0 Å². The van der Waals surface area contributed by atoms with Gasteiger partial charge in [-0.25, -0.2) is 0 Å². The molecule has 0 amide bonds. The summed E-state index contributed by atoms with van der Waals surface area (Å²) < 4.78 is 0. The van der Waals surface area contributed by atoms with Crippen LogP contribution in [0.4, 0.5) is 5.69 Å². The second kappa shape index (κ2) is 6.12. The molecule has 0 aromatic heterocycles. The minimum Gasteiger partial charge on any atom is -0.289 e. The Morgan fingerprint density at radius 3 is 2.50 bits per heavy atom. The molecule has 20 heavy (non-hydrogen) atoms. The number of hydrogen-bond donors (Lipinski definition) is 0. The summed E-state index contributed by atoms with van der Waals surface area (Å²) in [5, 5.41) is 11.3. The van der Waals surface area contributed by atoms with Gasteiger partial charge in [0.25, 0.3) is 5.69 Å². The number of carbonyl (C=O) groups is 1. The van der Waals surface area contributed by atoms with E-state index in [2.05, 4.69) is 0 Å². The molecule has 0 spiro atoms. The van der Waals surface area contributed by atoms with Gasteiger partial charge in [0, 0.05) is 22.7 Å². The van der Waals surface area contributed by atoms with Crippen molar-refractivity contribution in [1.29, 1.82) is 0 Å². The standard InChI is InChI=1S/C15H10ClNO3/c16-13-7-4-11(5-8-13)6-9-15(18)12-2-1-3-14(10-12)17(19)20/h1-10H/b9-6+. The molecule has 0 atom stereocenters. The number of ketones is 1. The molecular weight excluding hydrogens is 278 g/mol. The minimum atomic E-state index is -0.528. The number of halogens is 1. The Labute approximate surface area is 120 Å². The first-order valence-corrected chi connectivity index (χ1v) is 6.16. The number of nitro benzene ring substituents is 1. The molecule has 0 saturated carbocycles. The van der Waals surface area contributed by atoms with Crippen molar-refractivity contribution in [3.05, 3.63) is 80.9 Å². The van der Waals surface area contributed by atoms with Crippen molar-refractivity contribution in [1.82, 2.24) is 0 Å². The van der Waals surface area contributed by atoms with Crippen molar-refractivity contribution in [2.45, 2.75) is 0 Å². The summed E-state index contributed by atoms with van der Waals surface area (Å²) in [6.07, 6.45) is 3.01. The zero-order chi connectivity index (χ0) is 14.5. The van der Waals surface area contributed by atoms with Crippen molar-refractivity contribution >= 4 is 29.1 Å². The second-order valence-corrected chi connectivity index (χ2v) is 4.49. The van der Waals surface area contributed by atoms with Crippen LogP contribution in [0.15, 0.2) is 54.6 Å². The Bertz CT molecular complexity index is 678. The average molecular weight is 288 g/mol. The molecule has 2 aromatic carbocycles. The van der Waals surface area contributed by atoms with Crippen LogP contribution in [0.5, 0.6) is 0 Å². The minimum absolute atomic E-state index is 0.101. The fourth-order valence-corrected chi connectivity index (χ4v) is 1.74. The average Bonchev–Trinajstić information content (AvgIpc) is 2.46. The summed E-state index contributed by atoms with van der Waals surface area (Å²) in [6.45, 7) is 0. The number of non-ortho nitro benzene ring substituents is 1. The lowest BCUT2D eigenvalue weighted by Crippen LogP contribution is -1.96. The van der Waals surface area contributed by atoms with E-state index in [-0.39, 0.29) is 17.0 Å². The van der Waals surface area contributed by atoms with Crippen LogP contribution in [0.1, 0.15) is 15.9 Å². The first kappa shape index (κ1) is 14.0.